The standard InChI is InChI=1S/C20H22ClNO2/c1-3-20(23)24-19-13-16-9-11-22(10-8-15(16)12-17(19)21)18-7-5-4-6-14(18)2/h4-7,12-13H,3,8-11H2,1-2H3. The number of aryl methyl sites for hydroxylation is 1. The maximum atomic E-state index is 11.6. The van der Waals surface area contributed by atoms with Crippen LogP contribution in [0.1, 0.15) is 30.0 Å². The van der Waals surface area contributed by atoms with Crippen LogP contribution >= 0.6 is 11.6 Å². The number of esters is 1. The molecule has 0 bridgehead atoms. The van der Waals surface area contributed by atoms with Crippen molar-refractivity contribution in [3.05, 3.63) is 58.1 Å². The summed E-state index contributed by atoms with van der Waals surface area (Å²) in [5, 5.41) is 0.514. The Bertz CT molecular complexity index is 757. The van der Waals surface area contributed by atoms with Crippen LogP contribution in [0.3, 0.4) is 0 Å². The number of hydrogen-bond donors (Lipinski definition) is 0. The van der Waals surface area contributed by atoms with Crippen LogP contribution in [0.5, 0.6) is 5.75 Å². The van der Waals surface area contributed by atoms with Gasteiger partial charge in [0.1, 0.15) is 5.75 Å². The molecule has 2 aromatic rings. The van der Waals surface area contributed by atoms with E-state index in [1.54, 1.807) is 6.92 Å². The summed E-state index contributed by atoms with van der Waals surface area (Å²) in [6.07, 6.45) is 2.19. The zero-order valence-electron chi connectivity index (χ0n) is 14.1. The first-order valence-electron chi connectivity index (χ1n) is 8.41. The Labute approximate surface area is 148 Å². The second kappa shape index (κ2) is 7.27. The Balaban J connectivity index is 1.83. The Morgan fingerprint density at radius 3 is 2.50 bits per heavy atom. The third kappa shape index (κ3) is 3.57. The highest BCUT2D eigenvalue weighted by molar-refractivity contribution is 6.32. The molecule has 0 saturated carbocycles. The summed E-state index contributed by atoms with van der Waals surface area (Å²) in [6.45, 7) is 5.83. The predicted molar refractivity (Wildman–Crippen MR) is 98.2 cm³/mol. The predicted octanol–water partition coefficient (Wildman–Crippen LogP) is 4.57. The van der Waals surface area contributed by atoms with Crippen molar-refractivity contribution in [2.75, 3.05) is 18.0 Å². The van der Waals surface area contributed by atoms with Crippen LogP contribution < -0.4 is 9.64 Å². The summed E-state index contributed by atoms with van der Waals surface area (Å²) in [5.41, 5.74) is 5.04. The number of para-hydroxylation sites is 1. The normalized spacial score (nSPS) is 14.0. The third-order valence-electron chi connectivity index (χ3n) is 4.52. The Morgan fingerprint density at radius 1 is 1.17 bits per heavy atom. The summed E-state index contributed by atoms with van der Waals surface area (Å²) in [7, 11) is 0. The summed E-state index contributed by atoms with van der Waals surface area (Å²) >= 11 is 6.30. The van der Waals surface area contributed by atoms with Crippen LogP contribution in [0, 0.1) is 6.92 Å². The van der Waals surface area contributed by atoms with Crippen molar-refractivity contribution >= 4 is 23.3 Å². The van der Waals surface area contributed by atoms with Crippen LogP contribution in [-0.4, -0.2) is 19.1 Å². The van der Waals surface area contributed by atoms with Gasteiger partial charge in [0.15, 0.2) is 0 Å². The maximum Gasteiger partial charge on any atom is 0.310 e. The van der Waals surface area contributed by atoms with Gasteiger partial charge in [0.05, 0.1) is 5.02 Å². The molecule has 4 heteroatoms. The van der Waals surface area contributed by atoms with Gasteiger partial charge in [-0.25, -0.2) is 0 Å². The fraction of sp³-hybridized carbons (Fsp3) is 0.350. The van der Waals surface area contributed by atoms with E-state index in [9.17, 15) is 4.79 Å². The summed E-state index contributed by atoms with van der Waals surface area (Å²) < 4.78 is 5.35. The van der Waals surface area contributed by atoms with Gasteiger partial charge >= 0.3 is 5.97 Å². The number of carbonyl (C=O) groups is 1. The van der Waals surface area contributed by atoms with E-state index in [1.807, 2.05) is 12.1 Å². The average molecular weight is 344 g/mol. The van der Waals surface area contributed by atoms with Crippen molar-refractivity contribution in [2.45, 2.75) is 33.1 Å². The van der Waals surface area contributed by atoms with E-state index in [0.29, 0.717) is 17.2 Å². The van der Waals surface area contributed by atoms with Crippen molar-refractivity contribution in [1.82, 2.24) is 0 Å². The number of carbonyl (C=O) groups excluding carboxylic acids is 1. The van der Waals surface area contributed by atoms with E-state index < -0.39 is 0 Å². The molecule has 3 rings (SSSR count). The lowest BCUT2D eigenvalue weighted by Crippen LogP contribution is -2.26. The quantitative estimate of drug-likeness (QED) is 0.604. The number of ether oxygens (including phenoxy) is 1. The molecule has 0 saturated heterocycles. The van der Waals surface area contributed by atoms with E-state index >= 15 is 0 Å². The molecule has 1 aliphatic rings. The molecule has 2 aromatic carbocycles. The monoisotopic (exact) mass is 343 g/mol. The van der Waals surface area contributed by atoms with Gasteiger partial charge in [-0.2, -0.15) is 0 Å². The minimum absolute atomic E-state index is 0.257. The molecule has 0 N–H and O–H groups in total. The maximum absolute atomic E-state index is 11.6. The minimum Gasteiger partial charge on any atom is -0.425 e. The molecule has 0 atom stereocenters. The van der Waals surface area contributed by atoms with Gasteiger partial charge in [0.2, 0.25) is 0 Å². The van der Waals surface area contributed by atoms with Gasteiger partial charge < -0.3 is 9.64 Å². The van der Waals surface area contributed by atoms with Crippen molar-refractivity contribution in [3.8, 4) is 5.75 Å². The first kappa shape index (κ1) is 16.8. The number of anilines is 1. The van der Waals surface area contributed by atoms with E-state index in [-0.39, 0.29) is 5.97 Å². The Morgan fingerprint density at radius 2 is 1.83 bits per heavy atom. The number of benzene rings is 2. The molecule has 0 unspecified atom stereocenters. The van der Waals surface area contributed by atoms with Crippen molar-refractivity contribution in [3.63, 3.8) is 0 Å². The van der Waals surface area contributed by atoms with E-state index in [0.717, 1.165) is 25.9 Å². The minimum atomic E-state index is -0.257. The van der Waals surface area contributed by atoms with Crippen LogP contribution in [-0.2, 0) is 17.6 Å². The largest absolute Gasteiger partial charge is 0.425 e. The highest BCUT2D eigenvalue weighted by atomic mass is 35.5. The summed E-state index contributed by atoms with van der Waals surface area (Å²) in [6, 6.07) is 12.4. The molecule has 0 fully saturated rings. The first-order valence-corrected chi connectivity index (χ1v) is 8.79. The van der Waals surface area contributed by atoms with Gasteiger partial charge in [-0.05, 0) is 54.7 Å². The molecular weight excluding hydrogens is 322 g/mol. The number of fused-ring (bicyclic) bond motifs is 1. The second-order valence-electron chi connectivity index (χ2n) is 6.15. The first-order chi connectivity index (χ1) is 11.6. The SMILES string of the molecule is CCC(=O)Oc1cc2c(cc1Cl)CCN(c1ccccc1C)CC2. The lowest BCUT2D eigenvalue weighted by atomic mass is 10.0. The number of rotatable bonds is 3. The molecule has 126 valence electrons. The highest BCUT2D eigenvalue weighted by Gasteiger charge is 2.18. The molecule has 1 heterocycles. The van der Waals surface area contributed by atoms with Crippen LogP contribution in [0.2, 0.25) is 5.02 Å². The number of hydrogen-bond acceptors (Lipinski definition) is 3. The third-order valence-corrected chi connectivity index (χ3v) is 4.82. The zero-order chi connectivity index (χ0) is 17.1. The van der Waals surface area contributed by atoms with Gasteiger partial charge in [-0.1, -0.05) is 36.7 Å². The Hall–Kier alpha value is -2.00. The van der Waals surface area contributed by atoms with Crippen LogP contribution in [0.15, 0.2) is 36.4 Å². The van der Waals surface area contributed by atoms with Crippen molar-refractivity contribution < 1.29 is 9.53 Å². The van der Waals surface area contributed by atoms with E-state index in [2.05, 4.69) is 36.1 Å². The fourth-order valence-corrected chi connectivity index (χ4v) is 3.38. The zero-order valence-corrected chi connectivity index (χ0v) is 14.9. The summed E-state index contributed by atoms with van der Waals surface area (Å²) in [5.74, 6) is 0.221. The molecule has 1 aliphatic heterocycles. The lowest BCUT2D eigenvalue weighted by molar-refractivity contribution is -0.134. The van der Waals surface area contributed by atoms with Gasteiger partial charge in [0.25, 0.3) is 0 Å². The molecule has 0 spiro atoms. The van der Waals surface area contributed by atoms with Gasteiger partial charge in [-0.3, -0.25) is 4.79 Å². The molecule has 0 amide bonds. The molecule has 0 aromatic heterocycles. The molecular formula is C20H22ClNO2. The number of halogens is 1. The van der Waals surface area contributed by atoms with Crippen molar-refractivity contribution in [1.29, 1.82) is 0 Å². The fourth-order valence-electron chi connectivity index (χ4n) is 3.16. The molecule has 0 aliphatic carbocycles. The number of nitrogens with zero attached hydrogens (tertiary/aromatic N) is 1. The Kier molecular flexibility index (Phi) is 5.10. The molecule has 3 nitrogen and oxygen atoms in total. The van der Waals surface area contributed by atoms with E-state index in [1.165, 1.54) is 22.4 Å². The summed E-state index contributed by atoms with van der Waals surface area (Å²) in [4.78, 5) is 14.0. The van der Waals surface area contributed by atoms with E-state index in [4.69, 9.17) is 16.3 Å². The average Bonchev–Trinajstić information content (AvgIpc) is 2.78. The molecule has 24 heavy (non-hydrogen) atoms. The van der Waals surface area contributed by atoms with Crippen LogP contribution in [0.25, 0.3) is 0 Å². The van der Waals surface area contributed by atoms with Gasteiger partial charge in [0, 0.05) is 25.2 Å². The van der Waals surface area contributed by atoms with Crippen LogP contribution in [0.4, 0.5) is 5.69 Å². The molecule has 0 radical (unpaired) electrons. The highest BCUT2D eigenvalue weighted by Crippen LogP contribution is 2.32. The smallest absolute Gasteiger partial charge is 0.310 e. The van der Waals surface area contributed by atoms with Gasteiger partial charge in [-0.15, -0.1) is 0 Å². The van der Waals surface area contributed by atoms with Crippen molar-refractivity contribution in [2.24, 2.45) is 0 Å². The second-order valence-corrected chi connectivity index (χ2v) is 6.56. The lowest BCUT2D eigenvalue weighted by Gasteiger charge is -2.24. The topological polar surface area (TPSA) is 29.5 Å².